The van der Waals surface area contributed by atoms with E-state index in [4.69, 9.17) is 20.9 Å². The van der Waals surface area contributed by atoms with Crippen LogP contribution < -0.4 is 11.5 Å². The summed E-state index contributed by atoms with van der Waals surface area (Å²) in [6, 6.07) is 0. The Morgan fingerprint density at radius 2 is 1.50 bits per heavy atom. The standard InChI is InChI=1S/C7H16N2O2.2HI.Pt/c1-2-7-10-5(3-8)6(4-9)11-7;;;/h5-7H,2-4,8-9H2,1H3;2*1H;/q;;;+2/p-2/t5-,6-;;;/m1.../s1. The molecule has 0 aromatic carbocycles. The van der Waals surface area contributed by atoms with Gasteiger partial charge in [0.2, 0.25) is 0 Å². The zero-order chi connectivity index (χ0) is 11.0. The second-order valence-electron chi connectivity index (χ2n) is 2.70. The van der Waals surface area contributed by atoms with Gasteiger partial charge in [0.25, 0.3) is 0 Å². The first-order chi connectivity index (χ1) is 6.73. The predicted molar refractivity (Wildman–Crippen MR) is 70.0 cm³/mol. The number of nitrogens with two attached hydrogens (primary N) is 2. The van der Waals surface area contributed by atoms with Gasteiger partial charge in [-0.15, -0.1) is 0 Å². The van der Waals surface area contributed by atoms with Crippen LogP contribution in [0.4, 0.5) is 0 Å². The van der Waals surface area contributed by atoms with Crippen LogP contribution in [0.3, 0.4) is 0 Å². The Balaban J connectivity index is 0.000000500. The fourth-order valence-corrected chi connectivity index (χ4v) is 1.20. The van der Waals surface area contributed by atoms with Gasteiger partial charge >= 0.3 is 49.9 Å². The van der Waals surface area contributed by atoms with Gasteiger partial charge in [0.1, 0.15) is 12.2 Å². The molecule has 0 unspecified atom stereocenters. The molecule has 0 saturated carbocycles. The van der Waals surface area contributed by atoms with E-state index in [1.807, 2.05) is 6.92 Å². The Labute approximate surface area is 114 Å². The van der Waals surface area contributed by atoms with E-state index in [-0.39, 0.29) is 18.5 Å². The monoisotopic (exact) mass is 609 g/mol. The quantitative estimate of drug-likeness (QED) is 0.473. The van der Waals surface area contributed by atoms with Gasteiger partial charge in [0.05, 0.1) is 0 Å². The summed E-state index contributed by atoms with van der Waals surface area (Å²) in [5.41, 5.74) is 10.9. The Morgan fingerprint density at radius 1 is 1.14 bits per heavy atom. The zero-order valence-electron chi connectivity index (χ0n) is 7.90. The molecule has 1 heterocycles. The van der Waals surface area contributed by atoms with Crippen molar-refractivity contribution in [2.24, 2.45) is 11.5 Å². The van der Waals surface area contributed by atoms with Gasteiger partial charge in [-0.05, 0) is 6.42 Å². The third-order valence-corrected chi connectivity index (χ3v) is 1.87. The first kappa shape index (κ1) is 16.0. The van der Waals surface area contributed by atoms with Crippen LogP contribution in [-0.4, -0.2) is 31.6 Å². The molecule has 1 rings (SSSR count). The minimum atomic E-state index is -0.0999. The summed E-state index contributed by atoms with van der Waals surface area (Å²) in [7, 11) is 0. The molecule has 0 radical (unpaired) electrons. The topological polar surface area (TPSA) is 70.5 Å². The number of ether oxygens (including phenoxy) is 2. The van der Waals surface area contributed by atoms with E-state index in [0.717, 1.165) is 6.42 Å². The Morgan fingerprint density at radius 3 is 1.71 bits per heavy atom. The molecule has 0 spiro atoms. The van der Waals surface area contributed by atoms with Crippen LogP contribution in [0.2, 0.25) is 0 Å². The Hall–Kier alpha value is 1.99. The van der Waals surface area contributed by atoms with E-state index in [2.05, 4.69) is 38.7 Å². The number of rotatable bonds is 3. The van der Waals surface area contributed by atoms with E-state index < -0.39 is 0 Å². The summed E-state index contributed by atoms with van der Waals surface area (Å²) >= 11 is 5.30. The van der Waals surface area contributed by atoms with Crippen LogP contribution in [0.5, 0.6) is 0 Å². The molecule has 0 amide bonds. The summed E-state index contributed by atoms with van der Waals surface area (Å²) in [5.74, 6) is 0. The van der Waals surface area contributed by atoms with Crippen LogP contribution in [0, 0.1) is 0 Å². The van der Waals surface area contributed by atoms with Gasteiger partial charge in [0, 0.05) is 13.1 Å². The molecular formula is C7H16I2N2O2Pt. The second-order valence-corrected chi connectivity index (χ2v) is 19.3. The molecule has 90 valence electrons. The van der Waals surface area contributed by atoms with E-state index in [1.165, 1.54) is 0 Å². The molecule has 0 bridgehead atoms. The SMILES string of the molecule is CCC1O[C@H](CN)[C@@H](CN)O1.[I][Pt][I]. The molecule has 1 saturated heterocycles. The molecule has 1 aliphatic heterocycles. The second kappa shape index (κ2) is 10.2. The van der Waals surface area contributed by atoms with Crippen molar-refractivity contribution in [2.75, 3.05) is 13.1 Å². The van der Waals surface area contributed by atoms with Crippen molar-refractivity contribution in [3.05, 3.63) is 0 Å². The van der Waals surface area contributed by atoms with Crippen molar-refractivity contribution in [3.63, 3.8) is 0 Å². The Kier molecular flexibility index (Phi) is 11.6. The first-order valence-electron chi connectivity index (χ1n) is 4.26. The number of hydrogen-bond acceptors (Lipinski definition) is 4. The molecule has 0 aromatic heterocycles. The van der Waals surface area contributed by atoms with Crippen molar-refractivity contribution >= 4 is 38.7 Å². The molecule has 14 heavy (non-hydrogen) atoms. The van der Waals surface area contributed by atoms with Gasteiger partial charge in [-0.2, -0.15) is 0 Å². The molecule has 0 aromatic rings. The molecular weight excluding hydrogens is 593 g/mol. The molecule has 7 heteroatoms. The summed E-state index contributed by atoms with van der Waals surface area (Å²) in [6.45, 7) is 2.98. The predicted octanol–water partition coefficient (Wildman–Crippen LogP) is 1.19. The third-order valence-electron chi connectivity index (χ3n) is 1.87. The van der Waals surface area contributed by atoms with Gasteiger partial charge < -0.3 is 20.9 Å². The van der Waals surface area contributed by atoms with E-state index >= 15 is 0 Å². The maximum atomic E-state index is 5.46. The van der Waals surface area contributed by atoms with Crippen LogP contribution in [0.15, 0.2) is 0 Å². The van der Waals surface area contributed by atoms with Crippen molar-refractivity contribution < 1.29 is 20.7 Å². The van der Waals surface area contributed by atoms with Gasteiger partial charge in [-0.25, -0.2) is 0 Å². The fourth-order valence-electron chi connectivity index (χ4n) is 1.20. The fraction of sp³-hybridized carbons (Fsp3) is 1.00. The van der Waals surface area contributed by atoms with Crippen molar-refractivity contribution in [1.82, 2.24) is 0 Å². The van der Waals surface area contributed by atoms with Crippen molar-refractivity contribution in [2.45, 2.75) is 31.8 Å². The normalized spacial score (nSPS) is 27.5. The molecule has 0 aliphatic carbocycles. The first-order valence-corrected chi connectivity index (χ1v) is 17.2. The molecule has 2 atom stereocenters. The Bertz CT molecular complexity index is 133. The maximum absolute atomic E-state index is 5.46. The van der Waals surface area contributed by atoms with Crippen LogP contribution >= 0.6 is 38.7 Å². The zero-order valence-corrected chi connectivity index (χ0v) is 14.5. The van der Waals surface area contributed by atoms with Crippen molar-refractivity contribution in [1.29, 1.82) is 0 Å². The van der Waals surface area contributed by atoms with Crippen molar-refractivity contribution in [3.8, 4) is 0 Å². The van der Waals surface area contributed by atoms with Gasteiger partial charge in [-0.1, -0.05) is 6.92 Å². The summed E-state index contributed by atoms with van der Waals surface area (Å²) in [5, 5.41) is 0. The summed E-state index contributed by atoms with van der Waals surface area (Å²) in [6.07, 6.45) is 0.736. The molecule has 4 N–H and O–H groups in total. The minimum absolute atomic E-state index is 0.00931. The number of halogens is 2. The van der Waals surface area contributed by atoms with E-state index in [1.54, 1.807) is 0 Å². The van der Waals surface area contributed by atoms with Gasteiger partial charge in [0.15, 0.2) is 6.29 Å². The van der Waals surface area contributed by atoms with Crippen LogP contribution in [-0.2, 0) is 20.7 Å². The number of hydrogen-bond donors (Lipinski definition) is 2. The van der Waals surface area contributed by atoms with E-state index in [0.29, 0.717) is 24.3 Å². The molecule has 1 aliphatic rings. The summed E-state index contributed by atoms with van der Waals surface area (Å²) in [4.78, 5) is 0. The average molecular weight is 609 g/mol. The van der Waals surface area contributed by atoms with E-state index in [9.17, 15) is 0 Å². The summed E-state index contributed by atoms with van der Waals surface area (Å²) < 4.78 is 10.9. The van der Waals surface area contributed by atoms with Gasteiger partial charge in [-0.3, -0.25) is 0 Å². The third kappa shape index (κ3) is 5.91. The molecule has 4 nitrogen and oxygen atoms in total. The molecule has 1 fully saturated rings. The average Bonchev–Trinajstić information content (AvgIpc) is 2.61. The van der Waals surface area contributed by atoms with Crippen LogP contribution in [0.1, 0.15) is 13.3 Å². The van der Waals surface area contributed by atoms with Crippen LogP contribution in [0.25, 0.3) is 0 Å².